The molecule has 8 nitrogen and oxygen atoms in total. The molecular formula is C25H24N2O6. The lowest BCUT2D eigenvalue weighted by molar-refractivity contribution is 0.0918. The summed E-state index contributed by atoms with van der Waals surface area (Å²) in [6.45, 7) is 1.97. The Morgan fingerprint density at radius 1 is 1.03 bits per heavy atom. The number of hydrogen-bond donors (Lipinski definition) is 2. The first-order valence-corrected chi connectivity index (χ1v) is 10.3. The predicted molar refractivity (Wildman–Crippen MR) is 123 cm³/mol. The Morgan fingerprint density at radius 3 is 2.58 bits per heavy atom. The molecule has 0 unspecified atom stereocenters. The van der Waals surface area contributed by atoms with E-state index in [2.05, 4.69) is 10.3 Å². The first kappa shape index (κ1) is 22.0. The van der Waals surface area contributed by atoms with Gasteiger partial charge >= 0.3 is 0 Å². The molecular weight excluding hydrogens is 424 g/mol. The molecule has 2 heterocycles. The summed E-state index contributed by atoms with van der Waals surface area (Å²) >= 11 is 0. The quantitative estimate of drug-likeness (QED) is 0.423. The van der Waals surface area contributed by atoms with E-state index in [9.17, 15) is 9.59 Å². The van der Waals surface area contributed by atoms with Crippen LogP contribution in [0.3, 0.4) is 0 Å². The minimum atomic E-state index is -0.416. The van der Waals surface area contributed by atoms with Gasteiger partial charge in [0.25, 0.3) is 11.5 Å². The maximum atomic E-state index is 12.7. The van der Waals surface area contributed by atoms with Gasteiger partial charge in [-0.05, 0) is 49.4 Å². The number of carbonyl (C=O) groups excluding carboxylic acids is 1. The Bertz CT molecular complexity index is 1350. The second-order valence-corrected chi connectivity index (χ2v) is 7.42. The van der Waals surface area contributed by atoms with Crippen molar-refractivity contribution in [3.05, 3.63) is 87.6 Å². The van der Waals surface area contributed by atoms with Crippen LogP contribution in [0.1, 0.15) is 27.4 Å². The number of H-pyrrole nitrogens is 1. The van der Waals surface area contributed by atoms with Crippen molar-refractivity contribution in [1.29, 1.82) is 0 Å². The maximum absolute atomic E-state index is 12.7. The molecule has 170 valence electrons. The molecule has 2 aromatic heterocycles. The van der Waals surface area contributed by atoms with E-state index in [0.717, 1.165) is 5.39 Å². The summed E-state index contributed by atoms with van der Waals surface area (Å²) in [6, 6.07) is 16.1. The van der Waals surface area contributed by atoms with Gasteiger partial charge in [0.05, 0.1) is 14.2 Å². The Morgan fingerprint density at radius 2 is 1.82 bits per heavy atom. The molecule has 1 amide bonds. The van der Waals surface area contributed by atoms with Crippen LogP contribution in [0.25, 0.3) is 10.9 Å². The van der Waals surface area contributed by atoms with Crippen LogP contribution in [0, 0.1) is 6.92 Å². The van der Waals surface area contributed by atoms with Crippen LogP contribution in [0.5, 0.6) is 17.2 Å². The molecule has 0 bridgehead atoms. The molecule has 0 fully saturated rings. The topological polar surface area (TPSA) is 103 Å². The van der Waals surface area contributed by atoms with Gasteiger partial charge in [0.2, 0.25) is 0 Å². The highest BCUT2D eigenvalue weighted by atomic mass is 16.5. The highest BCUT2D eigenvalue weighted by Gasteiger charge is 2.17. The van der Waals surface area contributed by atoms with E-state index < -0.39 is 5.91 Å². The standard InChI is InChI=1S/C25H24N2O6/c1-15-10-19(14-32-22-7-5-4-6-21(22)31-3)33-23(15)25(29)26-13-17-11-16-12-18(30-2)8-9-20(16)27-24(17)28/h4-12H,13-14H2,1-3H3,(H,26,29)(H,27,28). The van der Waals surface area contributed by atoms with Crippen molar-refractivity contribution in [2.45, 2.75) is 20.1 Å². The summed E-state index contributed by atoms with van der Waals surface area (Å²) in [5, 5.41) is 3.56. The molecule has 0 saturated heterocycles. The number of aryl methyl sites for hydroxylation is 1. The van der Waals surface area contributed by atoms with Crippen LogP contribution in [-0.4, -0.2) is 25.1 Å². The van der Waals surface area contributed by atoms with E-state index in [0.29, 0.717) is 39.7 Å². The van der Waals surface area contributed by atoms with Crippen LogP contribution >= 0.6 is 0 Å². The fraction of sp³-hybridized carbons (Fsp3) is 0.200. The molecule has 0 saturated carbocycles. The monoisotopic (exact) mass is 448 g/mol. The first-order chi connectivity index (χ1) is 16.0. The summed E-state index contributed by atoms with van der Waals surface area (Å²) in [4.78, 5) is 27.9. The highest BCUT2D eigenvalue weighted by molar-refractivity contribution is 5.93. The summed E-state index contributed by atoms with van der Waals surface area (Å²) in [5.74, 6) is 2.12. The number of ether oxygens (including phenoxy) is 3. The average Bonchev–Trinajstić information content (AvgIpc) is 3.21. The molecule has 2 aromatic carbocycles. The van der Waals surface area contributed by atoms with Crippen molar-refractivity contribution in [2.24, 2.45) is 0 Å². The van der Waals surface area contributed by atoms with Gasteiger partial charge in [-0.25, -0.2) is 0 Å². The van der Waals surface area contributed by atoms with Crippen molar-refractivity contribution < 1.29 is 23.4 Å². The second-order valence-electron chi connectivity index (χ2n) is 7.42. The largest absolute Gasteiger partial charge is 0.497 e. The Kier molecular flexibility index (Phi) is 6.35. The molecule has 8 heteroatoms. The zero-order valence-corrected chi connectivity index (χ0v) is 18.6. The van der Waals surface area contributed by atoms with Gasteiger partial charge in [-0.2, -0.15) is 0 Å². The lowest BCUT2D eigenvalue weighted by Crippen LogP contribution is -2.26. The molecule has 4 rings (SSSR count). The number of carbonyl (C=O) groups is 1. The van der Waals surface area contributed by atoms with E-state index in [1.54, 1.807) is 57.5 Å². The molecule has 0 radical (unpaired) electrons. The van der Waals surface area contributed by atoms with Crippen molar-refractivity contribution in [1.82, 2.24) is 10.3 Å². The van der Waals surface area contributed by atoms with Crippen LogP contribution in [0.15, 0.2) is 63.8 Å². The van der Waals surface area contributed by atoms with E-state index in [1.165, 1.54) is 0 Å². The van der Waals surface area contributed by atoms with Crippen molar-refractivity contribution in [3.63, 3.8) is 0 Å². The van der Waals surface area contributed by atoms with Gasteiger partial charge in [-0.15, -0.1) is 0 Å². The number of hydrogen-bond acceptors (Lipinski definition) is 6. The number of nitrogens with one attached hydrogen (secondary N) is 2. The number of fused-ring (bicyclic) bond motifs is 1. The number of rotatable bonds is 8. The minimum Gasteiger partial charge on any atom is -0.497 e. The molecule has 33 heavy (non-hydrogen) atoms. The fourth-order valence-electron chi connectivity index (χ4n) is 3.48. The van der Waals surface area contributed by atoms with Crippen LogP contribution in [0.2, 0.25) is 0 Å². The van der Waals surface area contributed by atoms with E-state index in [1.807, 2.05) is 18.2 Å². The summed E-state index contributed by atoms with van der Waals surface area (Å²) < 4.78 is 22.0. The maximum Gasteiger partial charge on any atom is 0.287 e. The van der Waals surface area contributed by atoms with Crippen molar-refractivity contribution >= 4 is 16.8 Å². The van der Waals surface area contributed by atoms with Gasteiger partial charge in [0.1, 0.15) is 18.1 Å². The third-order valence-electron chi connectivity index (χ3n) is 5.18. The smallest absolute Gasteiger partial charge is 0.287 e. The zero-order chi connectivity index (χ0) is 23.4. The zero-order valence-electron chi connectivity index (χ0n) is 18.6. The summed E-state index contributed by atoms with van der Waals surface area (Å²) in [7, 11) is 3.15. The molecule has 0 aliphatic heterocycles. The van der Waals surface area contributed by atoms with Crippen molar-refractivity contribution in [2.75, 3.05) is 14.2 Å². The van der Waals surface area contributed by atoms with Crippen LogP contribution in [0.4, 0.5) is 0 Å². The van der Waals surface area contributed by atoms with Crippen molar-refractivity contribution in [3.8, 4) is 17.2 Å². The number of aromatic nitrogens is 1. The number of aromatic amines is 1. The normalized spacial score (nSPS) is 10.8. The number of para-hydroxylation sites is 2. The minimum absolute atomic E-state index is 0.0501. The first-order valence-electron chi connectivity index (χ1n) is 10.3. The third kappa shape index (κ3) is 4.85. The predicted octanol–water partition coefficient (Wildman–Crippen LogP) is 3.96. The Hall–Kier alpha value is -4.20. The Labute approximate surface area is 190 Å². The summed E-state index contributed by atoms with van der Waals surface area (Å²) in [5.41, 5.74) is 1.52. The molecule has 0 aliphatic rings. The van der Waals surface area contributed by atoms with Crippen LogP contribution < -0.4 is 25.1 Å². The number of furan rings is 1. The number of methoxy groups -OCH3 is 2. The molecule has 0 atom stereocenters. The molecule has 4 aromatic rings. The second kappa shape index (κ2) is 9.52. The fourth-order valence-corrected chi connectivity index (χ4v) is 3.48. The van der Waals surface area contributed by atoms with E-state index >= 15 is 0 Å². The lowest BCUT2D eigenvalue weighted by Gasteiger charge is -2.09. The summed E-state index contributed by atoms with van der Waals surface area (Å²) in [6.07, 6.45) is 0. The van der Waals surface area contributed by atoms with Crippen LogP contribution in [-0.2, 0) is 13.2 Å². The van der Waals surface area contributed by atoms with E-state index in [4.69, 9.17) is 18.6 Å². The number of pyridine rings is 1. The number of benzene rings is 2. The van der Waals surface area contributed by atoms with E-state index in [-0.39, 0.29) is 24.5 Å². The SMILES string of the molecule is COc1ccc2[nH]c(=O)c(CNC(=O)c3oc(COc4ccccc4OC)cc3C)cc2c1. The van der Waals surface area contributed by atoms with Gasteiger partial charge < -0.3 is 28.9 Å². The number of amides is 1. The van der Waals surface area contributed by atoms with Gasteiger partial charge in [-0.3, -0.25) is 9.59 Å². The molecule has 0 spiro atoms. The lowest BCUT2D eigenvalue weighted by atomic mass is 10.1. The van der Waals surface area contributed by atoms with Gasteiger partial charge in [0, 0.05) is 28.6 Å². The van der Waals surface area contributed by atoms with Gasteiger partial charge in [0.15, 0.2) is 17.3 Å². The molecule has 2 N–H and O–H groups in total. The molecule has 0 aliphatic carbocycles. The highest BCUT2D eigenvalue weighted by Crippen LogP contribution is 2.27. The van der Waals surface area contributed by atoms with Gasteiger partial charge in [-0.1, -0.05) is 12.1 Å². The average molecular weight is 448 g/mol. The Balaban J connectivity index is 1.44. The third-order valence-corrected chi connectivity index (χ3v) is 5.18.